The van der Waals surface area contributed by atoms with Gasteiger partial charge in [-0.15, -0.1) is 0 Å². The number of sulfone groups is 1. The third-order valence-corrected chi connectivity index (χ3v) is 10.3. The minimum Gasteiger partial charge on any atom is -0.383 e. The Kier molecular flexibility index (Phi) is 7.50. The Morgan fingerprint density at radius 1 is 0.878 bits per heavy atom. The number of likely N-dealkylation sites (N-methyl/N-ethyl adjacent to an activating group) is 1. The van der Waals surface area contributed by atoms with E-state index in [1.54, 1.807) is 42.5 Å². The molecule has 2 aromatic heterocycles. The topological polar surface area (TPSA) is 126 Å². The third-order valence-electron chi connectivity index (χ3n) is 8.47. The lowest BCUT2D eigenvalue weighted by Crippen LogP contribution is -2.49. The molecular weight excluding hydrogens is 538 g/mol. The van der Waals surface area contributed by atoms with Crippen LogP contribution in [0.15, 0.2) is 76.9 Å². The van der Waals surface area contributed by atoms with E-state index in [9.17, 15) is 13.2 Å². The molecule has 4 aromatic rings. The second-order valence-electron chi connectivity index (χ2n) is 11.0. The number of benzene rings is 2. The van der Waals surface area contributed by atoms with Crippen molar-refractivity contribution in [3.8, 4) is 0 Å². The summed E-state index contributed by atoms with van der Waals surface area (Å²) < 4.78 is 27.9. The van der Waals surface area contributed by atoms with Crippen molar-refractivity contribution in [1.29, 1.82) is 0 Å². The first-order chi connectivity index (χ1) is 19.8. The van der Waals surface area contributed by atoms with Crippen molar-refractivity contribution in [2.45, 2.75) is 47.6 Å². The van der Waals surface area contributed by atoms with Crippen LogP contribution < -0.4 is 11.1 Å². The number of hydrogen-bond donors (Lipinski definition) is 2. The van der Waals surface area contributed by atoms with Crippen LogP contribution in [0.1, 0.15) is 42.1 Å². The standard InChI is InChI=1S/C30H35N7O3S/c1-35-15-17-36(18-16-35)22-9-11-23(12-10-22)37-19-26(27-28(31)32-20-33-29(27)37)30(38)34-21-7-13-25(14-8-21)41(39,40)24-5-3-2-4-6-24/h2-8,13-14,19-20,22-23H,9-12,15-18H2,1H3,(H,34,38)(H2,31,32,33). The van der Waals surface area contributed by atoms with Crippen molar-refractivity contribution >= 4 is 38.3 Å². The largest absolute Gasteiger partial charge is 0.383 e. The van der Waals surface area contributed by atoms with Gasteiger partial charge in [-0.1, -0.05) is 18.2 Å². The van der Waals surface area contributed by atoms with E-state index < -0.39 is 9.84 Å². The SMILES string of the molecule is CN1CCN(C2CCC(n3cc(C(=O)Nc4ccc(S(=O)(=O)c5ccccc5)cc4)c4c(N)ncnc43)CC2)CC1. The minimum absolute atomic E-state index is 0.156. The van der Waals surface area contributed by atoms with Crippen molar-refractivity contribution < 1.29 is 13.2 Å². The number of carbonyl (C=O) groups is 1. The van der Waals surface area contributed by atoms with E-state index in [4.69, 9.17) is 5.73 Å². The van der Waals surface area contributed by atoms with Gasteiger partial charge in [0.25, 0.3) is 5.91 Å². The molecule has 2 aromatic carbocycles. The Morgan fingerprint density at radius 2 is 1.51 bits per heavy atom. The summed E-state index contributed by atoms with van der Waals surface area (Å²) in [4.78, 5) is 27.6. The van der Waals surface area contributed by atoms with Crippen molar-refractivity contribution in [2.75, 3.05) is 44.3 Å². The summed E-state index contributed by atoms with van der Waals surface area (Å²) >= 11 is 0. The second-order valence-corrected chi connectivity index (χ2v) is 13.0. The molecule has 6 rings (SSSR count). The molecule has 2 fully saturated rings. The molecule has 0 spiro atoms. The summed E-state index contributed by atoms with van der Waals surface area (Å²) in [6.45, 7) is 4.46. The van der Waals surface area contributed by atoms with E-state index >= 15 is 0 Å². The number of amides is 1. The van der Waals surface area contributed by atoms with Gasteiger partial charge in [0.15, 0.2) is 0 Å². The molecular formula is C30H35N7O3S. The van der Waals surface area contributed by atoms with E-state index in [2.05, 4.69) is 36.7 Å². The highest BCUT2D eigenvalue weighted by molar-refractivity contribution is 7.91. The second kappa shape index (κ2) is 11.2. The monoisotopic (exact) mass is 573 g/mol. The van der Waals surface area contributed by atoms with Crippen LogP contribution in [0.5, 0.6) is 0 Å². The zero-order valence-corrected chi connectivity index (χ0v) is 23.9. The molecule has 1 saturated carbocycles. The summed E-state index contributed by atoms with van der Waals surface area (Å²) in [5.74, 6) is -0.0886. The molecule has 1 aliphatic heterocycles. The van der Waals surface area contributed by atoms with Crippen LogP contribution in [0.4, 0.5) is 11.5 Å². The van der Waals surface area contributed by atoms with Gasteiger partial charge in [-0.3, -0.25) is 9.69 Å². The molecule has 3 heterocycles. The van der Waals surface area contributed by atoms with Gasteiger partial charge in [0.1, 0.15) is 17.8 Å². The van der Waals surface area contributed by atoms with Crippen LogP contribution in [0, 0.1) is 0 Å². The number of carbonyl (C=O) groups excluding carboxylic acids is 1. The van der Waals surface area contributed by atoms with Gasteiger partial charge in [-0.25, -0.2) is 18.4 Å². The highest BCUT2D eigenvalue weighted by Gasteiger charge is 2.30. The molecule has 0 bridgehead atoms. The normalized spacial score (nSPS) is 20.7. The lowest BCUT2D eigenvalue weighted by Gasteiger charge is -2.41. The number of anilines is 2. The number of fused-ring (bicyclic) bond motifs is 1. The molecule has 10 nitrogen and oxygen atoms in total. The van der Waals surface area contributed by atoms with E-state index in [-0.39, 0.29) is 27.6 Å². The Bertz CT molecular complexity index is 1640. The Balaban J connectivity index is 1.20. The fraction of sp³-hybridized carbons (Fsp3) is 0.367. The van der Waals surface area contributed by atoms with Crippen LogP contribution in [0.2, 0.25) is 0 Å². The van der Waals surface area contributed by atoms with Crippen molar-refractivity contribution in [1.82, 2.24) is 24.3 Å². The molecule has 2 aliphatic rings. The van der Waals surface area contributed by atoms with Crippen LogP contribution in [-0.4, -0.2) is 77.9 Å². The lowest BCUT2D eigenvalue weighted by molar-refractivity contribution is 0.0827. The third kappa shape index (κ3) is 5.44. The fourth-order valence-corrected chi connectivity index (χ4v) is 7.38. The van der Waals surface area contributed by atoms with Crippen LogP contribution >= 0.6 is 0 Å². The Hall–Kier alpha value is -3.80. The number of nitrogen functional groups attached to an aromatic ring is 1. The molecule has 41 heavy (non-hydrogen) atoms. The molecule has 1 amide bonds. The van der Waals surface area contributed by atoms with E-state index in [0.29, 0.717) is 28.3 Å². The number of rotatable bonds is 6. The number of hydrogen-bond acceptors (Lipinski definition) is 8. The predicted octanol–water partition coefficient (Wildman–Crippen LogP) is 3.83. The van der Waals surface area contributed by atoms with Gasteiger partial charge < -0.3 is 20.5 Å². The maximum atomic E-state index is 13.5. The lowest BCUT2D eigenvalue weighted by atomic mass is 9.89. The average molecular weight is 574 g/mol. The smallest absolute Gasteiger partial charge is 0.258 e. The zero-order valence-electron chi connectivity index (χ0n) is 23.1. The first kappa shape index (κ1) is 27.4. The van der Waals surface area contributed by atoms with Crippen molar-refractivity contribution in [2.24, 2.45) is 0 Å². The highest BCUT2D eigenvalue weighted by atomic mass is 32.2. The Morgan fingerprint density at radius 3 is 2.20 bits per heavy atom. The number of nitrogens with two attached hydrogens (primary N) is 1. The summed E-state index contributed by atoms with van der Waals surface area (Å²) in [5.41, 5.74) is 7.81. The maximum Gasteiger partial charge on any atom is 0.258 e. The van der Waals surface area contributed by atoms with Crippen LogP contribution in [0.25, 0.3) is 11.0 Å². The van der Waals surface area contributed by atoms with E-state index in [0.717, 1.165) is 51.9 Å². The minimum atomic E-state index is -3.65. The summed E-state index contributed by atoms with van der Waals surface area (Å²) in [7, 11) is -1.47. The number of nitrogens with zero attached hydrogens (tertiary/aromatic N) is 5. The number of piperazine rings is 1. The average Bonchev–Trinajstić information content (AvgIpc) is 3.40. The number of aromatic nitrogens is 3. The zero-order chi connectivity index (χ0) is 28.6. The highest BCUT2D eigenvalue weighted by Crippen LogP contribution is 2.36. The first-order valence-corrected chi connectivity index (χ1v) is 15.5. The van der Waals surface area contributed by atoms with Crippen molar-refractivity contribution in [3.63, 3.8) is 0 Å². The molecule has 0 radical (unpaired) electrons. The molecule has 3 N–H and O–H groups in total. The van der Waals surface area contributed by atoms with Gasteiger partial charge in [0.05, 0.1) is 20.7 Å². The van der Waals surface area contributed by atoms with Gasteiger partial charge >= 0.3 is 0 Å². The molecule has 214 valence electrons. The Labute approximate surface area is 240 Å². The number of nitrogens with one attached hydrogen (secondary N) is 1. The molecule has 1 saturated heterocycles. The summed E-state index contributed by atoms with van der Waals surface area (Å²) in [6.07, 6.45) is 7.51. The molecule has 0 unspecified atom stereocenters. The van der Waals surface area contributed by atoms with Gasteiger partial charge in [-0.05, 0) is 69.1 Å². The molecule has 1 aliphatic carbocycles. The molecule has 0 atom stereocenters. The van der Waals surface area contributed by atoms with Gasteiger partial charge in [0, 0.05) is 50.1 Å². The van der Waals surface area contributed by atoms with Gasteiger partial charge in [-0.2, -0.15) is 0 Å². The predicted molar refractivity (Wildman–Crippen MR) is 159 cm³/mol. The molecule has 11 heteroatoms. The quantitative estimate of drug-likeness (QED) is 0.357. The van der Waals surface area contributed by atoms with Gasteiger partial charge in [0.2, 0.25) is 9.84 Å². The maximum absolute atomic E-state index is 13.5. The van der Waals surface area contributed by atoms with Crippen LogP contribution in [0.3, 0.4) is 0 Å². The summed E-state index contributed by atoms with van der Waals surface area (Å²) in [5, 5.41) is 3.43. The fourth-order valence-electron chi connectivity index (χ4n) is 6.10. The van der Waals surface area contributed by atoms with Crippen LogP contribution in [-0.2, 0) is 9.84 Å². The summed E-state index contributed by atoms with van der Waals surface area (Å²) in [6, 6.07) is 15.3. The van der Waals surface area contributed by atoms with E-state index in [1.165, 1.54) is 18.5 Å². The van der Waals surface area contributed by atoms with E-state index in [1.807, 2.05) is 6.20 Å². The van der Waals surface area contributed by atoms with Crippen molar-refractivity contribution in [3.05, 3.63) is 72.7 Å². The first-order valence-electron chi connectivity index (χ1n) is 14.1.